The van der Waals surface area contributed by atoms with Crippen LogP contribution in [-0.4, -0.2) is 6.54 Å². The highest BCUT2D eigenvalue weighted by molar-refractivity contribution is 5.53. The summed E-state index contributed by atoms with van der Waals surface area (Å²) in [6.45, 7) is 9.27. The first-order chi connectivity index (χ1) is 8.46. The third-order valence-electron chi connectivity index (χ3n) is 3.45. The van der Waals surface area contributed by atoms with Gasteiger partial charge in [0.1, 0.15) is 0 Å². The van der Waals surface area contributed by atoms with Gasteiger partial charge in [-0.2, -0.15) is 5.26 Å². The van der Waals surface area contributed by atoms with Gasteiger partial charge < -0.3 is 5.32 Å². The molecular weight excluding hydrogens is 220 g/mol. The van der Waals surface area contributed by atoms with Crippen LogP contribution in [0, 0.1) is 30.6 Å². The predicted molar refractivity (Wildman–Crippen MR) is 77.7 cm³/mol. The molecule has 0 aliphatic rings. The fourth-order valence-electron chi connectivity index (χ4n) is 1.91. The van der Waals surface area contributed by atoms with E-state index in [0.717, 1.165) is 25.8 Å². The second-order valence-electron chi connectivity index (χ2n) is 5.63. The van der Waals surface area contributed by atoms with Gasteiger partial charge in [-0.1, -0.05) is 18.6 Å². The molecule has 1 rings (SSSR count). The third kappa shape index (κ3) is 4.41. The summed E-state index contributed by atoms with van der Waals surface area (Å²) in [5, 5.41) is 12.4. The number of nitrogens with one attached hydrogen (secondary N) is 1. The summed E-state index contributed by atoms with van der Waals surface area (Å²) in [6, 6.07) is 8.69. The molecule has 2 nitrogen and oxygen atoms in total. The molecule has 0 radical (unpaired) electrons. The predicted octanol–water partition coefficient (Wildman–Crippen LogP) is 4.44. The number of anilines is 1. The molecule has 0 saturated heterocycles. The minimum absolute atomic E-state index is 0.181. The number of rotatable bonds is 6. The second-order valence-corrected chi connectivity index (χ2v) is 5.63. The van der Waals surface area contributed by atoms with Gasteiger partial charge in [0.25, 0.3) is 0 Å². The molecular formula is C16H24N2. The zero-order valence-corrected chi connectivity index (χ0v) is 12.0. The van der Waals surface area contributed by atoms with E-state index in [1.165, 1.54) is 16.8 Å². The second kappa shape index (κ2) is 6.44. The molecule has 1 aromatic carbocycles. The van der Waals surface area contributed by atoms with E-state index < -0.39 is 0 Å². The van der Waals surface area contributed by atoms with Crippen LogP contribution in [0.15, 0.2) is 18.2 Å². The number of nitrogens with zero attached hydrogens (tertiary/aromatic N) is 1. The Morgan fingerprint density at radius 1 is 1.22 bits per heavy atom. The fourth-order valence-corrected chi connectivity index (χ4v) is 1.91. The molecule has 0 aliphatic carbocycles. The maximum atomic E-state index is 8.93. The lowest BCUT2D eigenvalue weighted by Gasteiger charge is -2.15. The van der Waals surface area contributed by atoms with Crippen LogP contribution in [-0.2, 0) is 0 Å². The topological polar surface area (TPSA) is 35.8 Å². The lowest BCUT2D eigenvalue weighted by molar-refractivity contribution is 0.430. The highest BCUT2D eigenvalue weighted by atomic mass is 14.9. The van der Waals surface area contributed by atoms with E-state index >= 15 is 0 Å². The summed E-state index contributed by atoms with van der Waals surface area (Å²) in [6.07, 6.45) is 3.18. The molecule has 98 valence electrons. The first-order valence-corrected chi connectivity index (χ1v) is 6.67. The smallest absolute Gasteiger partial charge is 0.0683 e. The van der Waals surface area contributed by atoms with Crippen LogP contribution in [0.2, 0.25) is 0 Å². The summed E-state index contributed by atoms with van der Waals surface area (Å²) < 4.78 is 0. The Hall–Kier alpha value is -1.49. The van der Waals surface area contributed by atoms with Gasteiger partial charge in [0.15, 0.2) is 0 Å². The van der Waals surface area contributed by atoms with Gasteiger partial charge in [-0.3, -0.25) is 0 Å². The van der Waals surface area contributed by atoms with Crippen molar-refractivity contribution in [1.29, 1.82) is 5.26 Å². The van der Waals surface area contributed by atoms with Gasteiger partial charge in [0, 0.05) is 12.2 Å². The summed E-state index contributed by atoms with van der Waals surface area (Å²) in [4.78, 5) is 0. The minimum atomic E-state index is -0.181. The summed E-state index contributed by atoms with van der Waals surface area (Å²) >= 11 is 0. The highest BCUT2D eigenvalue weighted by Crippen LogP contribution is 2.22. The monoisotopic (exact) mass is 244 g/mol. The molecule has 0 fully saturated rings. The number of nitriles is 1. The first kappa shape index (κ1) is 14.6. The number of benzene rings is 1. The maximum absolute atomic E-state index is 8.93. The normalized spacial score (nSPS) is 11.1. The van der Waals surface area contributed by atoms with E-state index in [1.807, 2.05) is 13.8 Å². The van der Waals surface area contributed by atoms with Crippen LogP contribution < -0.4 is 5.32 Å². The number of hydrogen-bond donors (Lipinski definition) is 1. The van der Waals surface area contributed by atoms with Gasteiger partial charge in [0.2, 0.25) is 0 Å². The highest BCUT2D eigenvalue weighted by Gasteiger charge is 2.15. The molecule has 18 heavy (non-hydrogen) atoms. The van der Waals surface area contributed by atoms with E-state index in [0.29, 0.717) is 0 Å². The molecule has 0 aromatic heterocycles. The Morgan fingerprint density at radius 3 is 2.61 bits per heavy atom. The van der Waals surface area contributed by atoms with Crippen molar-refractivity contribution >= 4 is 5.69 Å². The van der Waals surface area contributed by atoms with Gasteiger partial charge in [-0.05, 0) is 57.7 Å². The molecule has 1 aromatic rings. The largest absolute Gasteiger partial charge is 0.385 e. The summed E-state index contributed by atoms with van der Waals surface area (Å²) in [7, 11) is 0. The first-order valence-electron chi connectivity index (χ1n) is 6.67. The van der Waals surface area contributed by atoms with E-state index in [9.17, 15) is 0 Å². The molecule has 0 saturated carbocycles. The quantitative estimate of drug-likeness (QED) is 0.751. The molecule has 0 aliphatic heterocycles. The number of unbranched alkanes of at least 4 members (excludes halogenated alkanes) is 1. The van der Waals surface area contributed by atoms with Crippen molar-refractivity contribution < 1.29 is 0 Å². The SMILES string of the molecule is Cc1cccc(NCCCCC(C)(C)C#N)c1C. The van der Waals surface area contributed by atoms with Crippen LogP contribution in [0.1, 0.15) is 44.2 Å². The molecule has 0 bridgehead atoms. The summed E-state index contributed by atoms with van der Waals surface area (Å²) in [5.74, 6) is 0. The maximum Gasteiger partial charge on any atom is 0.0683 e. The van der Waals surface area contributed by atoms with Crippen molar-refractivity contribution in [2.24, 2.45) is 5.41 Å². The standard InChI is InChI=1S/C16H24N2/c1-13-8-7-9-15(14(13)2)18-11-6-5-10-16(3,4)12-17/h7-9,18H,5-6,10-11H2,1-4H3. The van der Waals surface area contributed by atoms with Crippen LogP contribution in [0.4, 0.5) is 5.69 Å². The molecule has 0 atom stereocenters. The summed E-state index contributed by atoms with van der Waals surface area (Å²) in [5.41, 5.74) is 3.70. The number of aryl methyl sites for hydroxylation is 1. The zero-order valence-electron chi connectivity index (χ0n) is 12.0. The minimum Gasteiger partial charge on any atom is -0.385 e. The van der Waals surface area contributed by atoms with Crippen molar-refractivity contribution in [2.75, 3.05) is 11.9 Å². The van der Waals surface area contributed by atoms with E-state index in [2.05, 4.69) is 43.4 Å². The van der Waals surface area contributed by atoms with Gasteiger partial charge in [-0.25, -0.2) is 0 Å². The van der Waals surface area contributed by atoms with Gasteiger partial charge in [0.05, 0.1) is 11.5 Å². The van der Waals surface area contributed by atoms with Crippen molar-refractivity contribution in [3.8, 4) is 6.07 Å². The van der Waals surface area contributed by atoms with Crippen molar-refractivity contribution in [1.82, 2.24) is 0 Å². The van der Waals surface area contributed by atoms with E-state index in [-0.39, 0.29) is 5.41 Å². The molecule has 0 heterocycles. The Kier molecular flexibility index (Phi) is 5.22. The molecule has 0 spiro atoms. The van der Waals surface area contributed by atoms with E-state index in [1.54, 1.807) is 0 Å². The number of hydrogen-bond acceptors (Lipinski definition) is 2. The molecule has 2 heteroatoms. The Labute approximate surface area is 111 Å². The third-order valence-corrected chi connectivity index (χ3v) is 3.45. The lowest BCUT2D eigenvalue weighted by atomic mass is 9.89. The molecule has 0 amide bonds. The average molecular weight is 244 g/mol. The van der Waals surface area contributed by atoms with Crippen LogP contribution in [0.3, 0.4) is 0 Å². The Morgan fingerprint density at radius 2 is 1.94 bits per heavy atom. The van der Waals surface area contributed by atoms with Crippen molar-refractivity contribution in [3.63, 3.8) is 0 Å². The molecule has 1 N–H and O–H groups in total. The average Bonchev–Trinajstić information content (AvgIpc) is 2.34. The van der Waals surface area contributed by atoms with Gasteiger partial charge >= 0.3 is 0 Å². The van der Waals surface area contributed by atoms with Crippen LogP contribution in [0.5, 0.6) is 0 Å². The van der Waals surface area contributed by atoms with E-state index in [4.69, 9.17) is 5.26 Å². The van der Waals surface area contributed by atoms with Crippen molar-refractivity contribution in [3.05, 3.63) is 29.3 Å². The fraction of sp³-hybridized carbons (Fsp3) is 0.562. The van der Waals surface area contributed by atoms with Crippen LogP contribution >= 0.6 is 0 Å². The molecule has 0 unspecified atom stereocenters. The van der Waals surface area contributed by atoms with Crippen LogP contribution in [0.25, 0.3) is 0 Å². The van der Waals surface area contributed by atoms with Gasteiger partial charge in [-0.15, -0.1) is 0 Å². The van der Waals surface area contributed by atoms with Crippen molar-refractivity contribution in [2.45, 2.75) is 47.0 Å². The Bertz CT molecular complexity index is 427. The lowest BCUT2D eigenvalue weighted by Crippen LogP contribution is -2.09. The Balaban J connectivity index is 2.31. The zero-order chi connectivity index (χ0) is 13.6.